The van der Waals surface area contributed by atoms with E-state index in [1.807, 2.05) is 0 Å². The molecule has 0 atom stereocenters. The molecule has 0 saturated carbocycles. The van der Waals surface area contributed by atoms with Gasteiger partial charge in [-0.05, 0) is 18.2 Å². The highest BCUT2D eigenvalue weighted by atomic mass is 35.5. The van der Waals surface area contributed by atoms with E-state index in [0.717, 1.165) is 19.4 Å². The standard InChI is InChI=1S/C10H11ClFNO4S/c1-17-10(14)6-13(18(2,15)16)9-4-3-7(11)5-8(9)12/h3-5H,6H2,1-2H3. The van der Waals surface area contributed by atoms with Crippen molar-refractivity contribution in [2.24, 2.45) is 0 Å². The minimum absolute atomic E-state index is 0.128. The number of ether oxygens (including phenoxy) is 1. The number of carbonyl (C=O) groups excluding carboxylic acids is 1. The number of anilines is 1. The monoisotopic (exact) mass is 295 g/mol. The van der Waals surface area contributed by atoms with E-state index < -0.39 is 28.4 Å². The summed E-state index contributed by atoms with van der Waals surface area (Å²) in [4.78, 5) is 11.1. The van der Waals surface area contributed by atoms with Crippen molar-refractivity contribution >= 4 is 33.3 Å². The van der Waals surface area contributed by atoms with Crippen molar-refractivity contribution in [3.8, 4) is 0 Å². The van der Waals surface area contributed by atoms with Crippen molar-refractivity contribution in [3.05, 3.63) is 29.0 Å². The third-order valence-corrected chi connectivity index (χ3v) is 3.44. The Hall–Kier alpha value is -1.34. The maximum atomic E-state index is 13.6. The molecule has 5 nitrogen and oxygen atoms in total. The van der Waals surface area contributed by atoms with Gasteiger partial charge in [0.15, 0.2) is 0 Å². The van der Waals surface area contributed by atoms with Gasteiger partial charge in [-0.3, -0.25) is 9.10 Å². The quantitative estimate of drug-likeness (QED) is 0.788. The number of hydrogen-bond donors (Lipinski definition) is 0. The topological polar surface area (TPSA) is 63.7 Å². The van der Waals surface area contributed by atoms with E-state index in [1.54, 1.807) is 0 Å². The average Bonchev–Trinajstić information content (AvgIpc) is 2.25. The second-order valence-corrected chi connectivity index (χ2v) is 5.78. The van der Waals surface area contributed by atoms with Crippen LogP contribution in [0.4, 0.5) is 10.1 Å². The van der Waals surface area contributed by atoms with Gasteiger partial charge in [-0.25, -0.2) is 12.8 Å². The molecule has 0 aliphatic rings. The van der Waals surface area contributed by atoms with Crippen LogP contribution in [0.3, 0.4) is 0 Å². The second kappa shape index (κ2) is 5.53. The number of sulfonamides is 1. The summed E-state index contributed by atoms with van der Waals surface area (Å²) >= 11 is 5.57. The summed E-state index contributed by atoms with van der Waals surface area (Å²) in [6, 6.07) is 3.48. The Morgan fingerprint density at radius 3 is 2.56 bits per heavy atom. The third kappa shape index (κ3) is 3.58. The van der Waals surface area contributed by atoms with Gasteiger partial charge >= 0.3 is 5.97 Å². The van der Waals surface area contributed by atoms with Crippen molar-refractivity contribution in [1.29, 1.82) is 0 Å². The summed E-state index contributed by atoms with van der Waals surface area (Å²) in [7, 11) is -2.70. The highest BCUT2D eigenvalue weighted by Gasteiger charge is 2.24. The molecule has 0 aromatic heterocycles. The molecule has 18 heavy (non-hydrogen) atoms. The first kappa shape index (κ1) is 14.7. The molecule has 0 N–H and O–H groups in total. The van der Waals surface area contributed by atoms with E-state index in [4.69, 9.17) is 11.6 Å². The fraction of sp³-hybridized carbons (Fsp3) is 0.300. The van der Waals surface area contributed by atoms with Crippen molar-refractivity contribution in [2.45, 2.75) is 0 Å². The fourth-order valence-electron chi connectivity index (χ4n) is 1.25. The predicted molar refractivity (Wildman–Crippen MR) is 65.6 cm³/mol. The van der Waals surface area contributed by atoms with Gasteiger partial charge in [0.25, 0.3) is 0 Å². The molecular formula is C10H11ClFNO4S. The first-order valence-corrected chi connectivity index (χ1v) is 6.98. The molecule has 0 aliphatic heterocycles. The summed E-state index contributed by atoms with van der Waals surface area (Å²) in [5.74, 6) is -1.63. The van der Waals surface area contributed by atoms with Crippen LogP contribution in [0.15, 0.2) is 18.2 Å². The molecular weight excluding hydrogens is 285 g/mol. The Morgan fingerprint density at radius 1 is 1.50 bits per heavy atom. The van der Waals surface area contributed by atoms with Crippen molar-refractivity contribution in [1.82, 2.24) is 0 Å². The van der Waals surface area contributed by atoms with Crippen molar-refractivity contribution < 1.29 is 22.3 Å². The normalized spacial score (nSPS) is 11.1. The molecule has 1 aromatic carbocycles. The summed E-state index contributed by atoms with van der Waals surface area (Å²) in [6.07, 6.45) is 0.865. The van der Waals surface area contributed by atoms with Crippen LogP contribution >= 0.6 is 11.6 Å². The fourth-order valence-corrected chi connectivity index (χ4v) is 2.25. The zero-order valence-electron chi connectivity index (χ0n) is 9.68. The first-order valence-electron chi connectivity index (χ1n) is 4.75. The summed E-state index contributed by atoms with van der Waals surface area (Å²) < 4.78 is 41.7. The molecule has 100 valence electrons. The summed E-state index contributed by atoms with van der Waals surface area (Å²) in [5.41, 5.74) is -0.257. The molecule has 0 saturated heterocycles. The number of hydrogen-bond acceptors (Lipinski definition) is 4. The van der Waals surface area contributed by atoms with Gasteiger partial charge in [0, 0.05) is 5.02 Å². The lowest BCUT2D eigenvalue weighted by molar-refractivity contribution is -0.138. The van der Waals surface area contributed by atoms with Gasteiger partial charge in [-0.15, -0.1) is 0 Å². The van der Waals surface area contributed by atoms with Gasteiger partial charge in [-0.2, -0.15) is 0 Å². The molecule has 0 heterocycles. The highest BCUT2D eigenvalue weighted by molar-refractivity contribution is 7.92. The number of esters is 1. The molecule has 0 unspecified atom stereocenters. The molecule has 1 aromatic rings. The first-order chi connectivity index (χ1) is 8.25. The Labute approximate surface area is 109 Å². The van der Waals surface area contributed by atoms with Gasteiger partial charge in [0.1, 0.15) is 12.4 Å². The van der Waals surface area contributed by atoms with E-state index in [-0.39, 0.29) is 10.7 Å². The SMILES string of the molecule is COC(=O)CN(c1ccc(Cl)cc1F)S(C)(=O)=O. The van der Waals surface area contributed by atoms with E-state index in [2.05, 4.69) is 4.74 Å². The van der Waals surface area contributed by atoms with Gasteiger partial charge in [0.05, 0.1) is 19.1 Å². The minimum Gasteiger partial charge on any atom is -0.468 e. The Balaban J connectivity index is 3.22. The highest BCUT2D eigenvalue weighted by Crippen LogP contribution is 2.24. The van der Waals surface area contributed by atoms with Crippen LogP contribution < -0.4 is 4.31 Å². The van der Waals surface area contributed by atoms with Crippen molar-refractivity contribution in [2.75, 3.05) is 24.2 Å². The smallest absolute Gasteiger partial charge is 0.326 e. The molecule has 0 bridgehead atoms. The van der Waals surface area contributed by atoms with Gasteiger partial charge in [0.2, 0.25) is 10.0 Å². The molecule has 0 aliphatic carbocycles. The third-order valence-electron chi connectivity index (χ3n) is 2.08. The van der Waals surface area contributed by atoms with Crippen LogP contribution in [0.1, 0.15) is 0 Å². The molecule has 8 heteroatoms. The maximum Gasteiger partial charge on any atom is 0.326 e. The lowest BCUT2D eigenvalue weighted by atomic mass is 10.3. The van der Waals surface area contributed by atoms with Crippen LogP contribution in [0.5, 0.6) is 0 Å². The lowest BCUT2D eigenvalue weighted by Gasteiger charge is -2.21. The molecule has 1 rings (SSSR count). The molecule has 0 fully saturated rings. The predicted octanol–water partition coefficient (Wildman–Crippen LogP) is 1.42. The van der Waals surface area contributed by atoms with Crippen molar-refractivity contribution in [3.63, 3.8) is 0 Å². The number of nitrogens with zero attached hydrogens (tertiary/aromatic N) is 1. The minimum atomic E-state index is -3.81. The second-order valence-electron chi connectivity index (χ2n) is 3.44. The Morgan fingerprint density at radius 2 is 2.11 bits per heavy atom. The molecule has 0 amide bonds. The largest absolute Gasteiger partial charge is 0.468 e. The number of benzene rings is 1. The zero-order chi connectivity index (χ0) is 13.9. The zero-order valence-corrected chi connectivity index (χ0v) is 11.3. The number of methoxy groups -OCH3 is 1. The van der Waals surface area contributed by atoms with Gasteiger partial charge in [-0.1, -0.05) is 11.6 Å². The summed E-state index contributed by atoms with van der Waals surface area (Å²) in [6.45, 7) is -0.603. The van der Waals surface area contributed by atoms with Crippen LogP contribution in [0.2, 0.25) is 5.02 Å². The van der Waals surface area contributed by atoms with Crippen LogP contribution in [0.25, 0.3) is 0 Å². The Kier molecular flexibility index (Phi) is 4.53. The van der Waals surface area contributed by atoms with Crippen LogP contribution in [-0.4, -0.2) is 34.3 Å². The average molecular weight is 296 g/mol. The number of rotatable bonds is 4. The van der Waals surface area contributed by atoms with Crippen LogP contribution in [0, 0.1) is 5.82 Å². The van der Waals surface area contributed by atoms with E-state index in [9.17, 15) is 17.6 Å². The molecule has 0 radical (unpaired) electrons. The van der Waals surface area contributed by atoms with E-state index in [1.165, 1.54) is 12.1 Å². The van der Waals surface area contributed by atoms with E-state index >= 15 is 0 Å². The van der Waals surface area contributed by atoms with Crippen LogP contribution in [-0.2, 0) is 19.6 Å². The van der Waals surface area contributed by atoms with Gasteiger partial charge < -0.3 is 4.74 Å². The number of carbonyl (C=O) groups is 1. The number of halogens is 2. The maximum absolute atomic E-state index is 13.6. The summed E-state index contributed by atoms with van der Waals surface area (Å²) in [5, 5.41) is 0.128. The molecule has 0 spiro atoms. The van der Waals surface area contributed by atoms with E-state index in [0.29, 0.717) is 4.31 Å². The lowest BCUT2D eigenvalue weighted by Crippen LogP contribution is -2.36. The Bertz CT molecular complexity index is 561.